The lowest BCUT2D eigenvalue weighted by molar-refractivity contribution is -0.122. The predicted molar refractivity (Wildman–Crippen MR) is 98.9 cm³/mol. The summed E-state index contributed by atoms with van der Waals surface area (Å²) < 4.78 is 0. The first-order valence-electron chi connectivity index (χ1n) is 8.09. The summed E-state index contributed by atoms with van der Waals surface area (Å²) in [5.74, 6) is -0.0199. The van der Waals surface area contributed by atoms with Crippen molar-refractivity contribution in [2.45, 2.75) is 25.8 Å². The largest absolute Gasteiger partial charge is 0.351 e. The quantitative estimate of drug-likeness (QED) is 0.713. The van der Waals surface area contributed by atoms with Crippen LogP contribution < -0.4 is 5.32 Å². The van der Waals surface area contributed by atoms with Crippen LogP contribution in [0.5, 0.6) is 0 Å². The van der Waals surface area contributed by atoms with Crippen molar-refractivity contribution >= 4 is 17.2 Å². The summed E-state index contributed by atoms with van der Waals surface area (Å²) in [6, 6.07) is 18.1. The van der Waals surface area contributed by atoms with Crippen molar-refractivity contribution in [1.82, 2.24) is 10.3 Å². The lowest BCUT2D eigenvalue weighted by atomic mass is 9.95. The standard InChI is InChI=1S/C20H20N2OS/c1-2-18(16-6-4-3-5-7-16)19(23)22-14-15-8-10-17(11-9-15)20-21-12-13-24-20/h3-13,18H,2,14H2,1H3,(H,22,23)/t18-/m0/s1. The molecule has 0 aliphatic carbocycles. The molecule has 0 aliphatic heterocycles. The number of hydrogen-bond acceptors (Lipinski definition) is 3. The number of carbonyl (C=O) groups excluding carboxylic acids is 1. The highest BCUT2D eigenvalue weighted by Gasteiger charge is 2.17. The van der Waals surface area contributed by atoms with Gasteiger partial charge in [0.1, 0.15) is 5.01 Å². The van der Waals surface area contributed by atoms with Crippen LogP contribution in [0.1, 0.15) is 30.4 Å². The monoisotopic (exact) mass is 336 g/mol. The summed E-state index contributed by atoms with van der Waals surface area (Å²) in [4.78, 5) is 16.8. The molecule has 1 atom stereocenters. The average molecular weight is 336 g/mol. The van der Waals surface area contributed by atoms with Crippen LogP contribution in [0.15, 0.2) is 66.2 Å². The number of thiazole rings is 1. The van der Waals surface area contributed by atoms with E-state index in [4.69, 9.17) is 0 Å². The van der Waals surface area contributed by atoms with E-state index in [-0.39, 0.29) is 11.8 Å². The number of rotatable bonds is 6. The first-order valence-corrected chi connectivity index (χ1v) is 8.97. The van der Waals surface area contributed by atoms with E-state index in [1.807, 2.05) is 61.0 Å². The zero-order valence-electron chi connectivity index (χ0n) is 13.6. The first-order chi connectivity index (χ1) is 11.8. The van der Waals surface area contributed by atoms with E-state index in [0.717, 1.165) is 28.1 Å². The topological polar surface area (TPSA) is 42.0 Å². The molecular weight excluding hydrogens is 316 g/mol. The number of aromatic nitrogens is 1. The molecule has 0 saturated carbocycles. The predicted octanol–water partition coefficient (Wildman–Crippen LogP) is 4.62. The molecule has 1 amide bonds. The first kappa shape index (κ1) is 16.4. The Kier molecular flexibility index (Phi) is 5.39. The molecule has 4 heteroatoms. The van der Waals surface area contributed by atoms with Gasteiger partial charge >= 0.3 is 0 Å². The molecule has 0 radical (unpaired) electrons. The summed E-state index contributed by atoms with van der Waals surface area (Å²) in [6.45, 7) is 2.58. The van der Waals surface area contributed by atoms with Crippen molar-refractivity contribution in [3.05, 3.63) is 77.3 Å². The molecule has 3 nitrogen and oxygen atoms in total. The third-order valence-electron chi connectivity index (χ3n) is 4.03. The van der Waals surface area contributed by atoms with Gasteiger partial charge < -0.3 is 5.32 Å². The van der Waals surface area contributed by atoms with Crippen molar-refractivity contribution in [1.29, 1.82) is 0 Å². The van der Waals surface area contributed by atoms with Gasteiger partial charge in [0, 0.05) is 23.7 Å². The zero-order chi connectivity index (χ0) is 16.8. The van der Waals surface area contributed by atoms with Crippen LogP contribution in [-0.2, 0) is 11.3 Å². The van der Waals surface area contributed by atoms with Crippen molar-refractivity contribution in [3.63, 3.8) is 0 Å². The van der Waals surface area contributed by atoms with Crippen LogP contribution >= 0.6 is 11.3 Å². The lowest BCUT2D eigenvalue weighted by Gasteiger charge is -2.15. The van der Waals surface area contributed by atoms with E-state index < -0.39 is 0 Å². The van der Waals surface area contributed by atoms with E-state index in [9.17, 15) is 4.79 Å². The van der Waals surface area contributed by atoms with Crippen LogP contribution in [0.2, 0.25) is 0 Å². The summed E-state index contributed by atoms with van der Waals surface area (Å²) in [5.41, 5.74) is 3.26. The molecule has 1 N–H and O–H groups in total. The highest BCUT2D eigenvalue weighted by molar-refractivity contribution is 7.13. The van der Waals surface area contributed by atoms with E-state index in [0.29, 0.717) is 6.54 Å². The van der Waals surface area contributed by atoms with Crippen LogP contribution in [0, 0.1) is 0 Å². The minimum absolute atomic E-state index is 0.0766. The highest BCUT2D eigenvalue weighted by Crippen LogP contribution is 2.22. The molecular formula is C20H20N2OS. The number of amides is 1. The Balaban J connectivity index is 1.61. The normalized spacial score (nSPS) is 11.9. The van der Waals surface area contributed by atoms with Crippen molar-refractivity contribution in [3.8, 4) is 10.6 Å². The fraction of sp³-hybridized carbons (Fsp3) is 0.200. The molecule has 3 aromatic rings. The summed E-state index contributed by atoms with van der Waals surface area (Å²) >= 11 is 1.62. The maximum absolute atomic E-state index is 12.5. The molecule has 1 aromatic heterocycles. The van der Waals surface area contributed by atoms with Gasteiger partial charge in [0.25, 0.3) is 0 Å². The van der Waals surface area contributed by atoms with Gasteiger partial charge in [0.15, 0.2) is 0 Å². The van der Waals surface area contributed by atoms with E-state index in [1.54, 1.807) is 11.3 Å². The number of carbonyl (C=O) groups is 1. The molecule has 2 aromatic carbocycles. The van der Waals surface area contributed by atoms with Crippen LogP contribution in [0.25, 0.3) is 10.6 Å². The molecule has 1 heterocycles. The molecule has 0 saturated heterocycles. The van der Waals surface area contributed by atoms with E-state index >= 15 is 0 Å². The molecule has 0 aliphatic rings. The second-order valence-corrected chi connectivity index (χ2v) is 6.52. The third-order valence-corrected chi connectivity index (χ3v) is 4.85. The fourth-order valence-electron chi connectivity index (χ4n) is 2.70. The Labute approximate surface area is 146 Å². The molecule has 0 bridgehead atoms. The SMILES string of the molecule is CC[C@H](C(=O)NCc1ccc(-c2nccs2)cc1)c1ccccc1. The molecule has 3 rings (SSSR count). The number of nitrogens with one attached hydrogen (secondary N) is 1. The number of benzene rings is 2. The van der Waals surface area contributed by atoms with Gasteiger partial charge in [-0.1, -0.05) is 61.5 Å². The molecule has 122 valence electrons. The lowest BCUT2D eigenvalue weighted by Crippen LogP contribution is -2.28. The highest BCUT2D eigenvalue weighted by atomic mass is 32.1. The van der Waals surface area contributed by atoms with Gasteiger partial charge in [0.05, 0.1) is 5.92 Å². The summed E-state index contributed by atoms with van der Waals surface area (Å²) in [6.07, 6.45) is 2.60. The van der Waals surface area contributed by atoms with Gasteiger partial charge in [-0.3, -0.25) is 4.79 Å². The van der Waals surface area contributed by atoms with Crippen LogP contribution in [0.4, 0.5) is 0 Å². The van der Waals surface area contributed by atoms with E-state index in [2.05, 4.69) is 22.4 Å². The summed E-state index contributed by atoms with van der Waals surface area (Å²) in [7, 11) is 0. The van der Waals surface area contributed by atoms with Crippen LogP contribution in [0.3, 0.4) is 0 Å². The maximum Gasteiger partial charge on any atom is 0.227 e. The minimum Gasteiger partial charge on any atom is -0.351 e. The fourth-order valence-corrected chi connectivity index (χ4v) is 3.35. The number of hydrogen-bond donors (Lipinski definition) is 1. The van der Waals surface area contributed by atoms with E-state index in [1.165, 1.54) is 0 Å². The van der Waals surface area contributed by atoms with Crippen molar-refractivity contribution in [2.24, 2.45) is 0 Å². The minimum atomic E-state index is -0.0965. The Morgan fingerprint density at radius 3 is 2.50 bits per heavy atom. The number of nitrogens with zero attached hydrogens (tertiary/aromatic N) is 1. The molecule has 0 spiro atoms. The van der Waals surface area contributed by atoms with Crippen LogP contribution in [-0.4, -0.2) is 10.9 Å². The van der Waals surface area contributed by atoms with Gasteiger partial charge in [-0.15, -0.1) is 11.3 Å². The zero-order valence-corrected chi connectivity index (χ0v) is 14.4. The van der Waals surface area contributed by atoms with Gasteiger partial charge in [-0.05, 0) is 17.5 Å². The molecule has 24 heavy (non-hydrogen) atoms. The second kappa shape index (κ2) is 7.88. The Morgan fingerprint density at radius 1 is 1.12 bits per heavy atom. The Hall–Kier alpha value is -2.46. The maximum atomic E-state index is 12.5. The van der Waals surface area contributed by atoms with Gasteiger partial charge in [0.2, 0.25) is 5.91 Å². The average Bonchev–Trinajstić information content (AvgIpc) is 3.17. The van der Waals surface area contributed by atoms with Gasteiger partial charge in [-0.25, -0.2) is 4.98 Å². The molecule has 0 unspecified atom stereocenters. The third kappa shape index (κ3) is 3.89. The van der Waals surface area contributed by atoms with Gasteiger partial charge in [-0.2, -0.15) is 0 Å². The summed E-state index contributed by atoms with van der Waals surface area (Å²) in [5, 5.41) is 6.04. The van der Waals surface area contributed by atoms with Crippen molar-refractivity contribution in [2.75, 3.05) is 0 Å². The Morgan fingerprint density at radius 2 is 1.88 bits per heavy atom. The Bertz CT molecular complexity index is 767. The van der Waals surface area contributed by atoms with Crippen molar-refractivity contribution < 1.29 is 4.79 Å². The smallest absolute Gasteiger partial charge is 0.227 e. The second-order valence-electron chi connectivity index (χ2n) is 5.62. The molecule has 0 fully saturated rings.